The predicted octanol–water partition coefficient (Wildman–Crippen LogP) is 3.72. The van der Waals surface area contributed by atoms with E-state index in [0.29, 0.717) is 29.8 Å². The van der Waals surface area contributed by atoms with Gasteiger partial charge in [0, 0.05) is 18.7 Å². The molecule has 1 aliphatic rings. The van der Waals surface area contributed by atoms with Gasteiger partial charge >= 0.3 is 0 Å². The first kappa shape index (κ1) is 18.3. The van der Waals surface area contributed by atoms with Crippen LogP contribution in [0.1, 0.15) is 45.5 Å². The van der Waals surface area contributed by atoms with Crippen molar-refractivity contribution in [3.63, 3.8) is 0 Å². The van der Waals surface area contributed by atoms with Gasteiger partial charge in [0.25, 0.3) is 11.8 Å². The molecule has 0 atom stereocenters. The molecular formula is C21H23FN2O2. The lowest BCUT2D eigenvalue weighted by Crippen LogP contribution is -2.30. The van der Waals surface area contributed by atoms with Crippen molar-refractivity contribution in [1.82, 2.24) is 9.80 Å². The Labute approximate surface area is 153 Å². The van der Waals surface area contributed by atoms with Crippen LogP contribution in [0.15, 0.2) is 48.5 Å². The summed E-state index contributed by atoms with van der Waals surface area (Å²) in [6.07, 6.45) is 2.63. The lowest BCUT2D eigenvalue weighted by atomic mass is 10.1. The number of carbonyl (C=O) groups is 2. The van der Waals surface area contributed by atoms with E-state index in [0.717, 1.165) is 25.8 Å². The van der Waals surface area contributed by atoms with Crippen molar-refractivity contribution >= 4 is 11.8 Å². The monoisotopic (exact) mass is 354 g/mol. The number of amides is 2. The lowest BCUT2D eigenvalue weighted by molar-refractivity contribution is 0.0651. The molecule has 5 heteroatoms. The molecule has 26 heavy (non-hydrogen) atoms. The smallest absolute Gasteiger partial charge is 0.261 e. The van der Waals surface area contributed by atoms with Gasteiger partial charge in [0.1, 0.15) is 5.82 Å². The van der Waals surface area contributed by atoms with Gasteiger partial charge in [-0.3, -0.25) is 14.5 Å². The van der Waals surface area contributed by atoms with Crippen molar-refractivity contribution in [2.24, 2.45) is 0 Å². The van der Waals surface area contributed by atoms with Crippen molar-refractivity contribution in [2.45, 2.75) is 25.8 Å². The highest BCUT2D eigenvalue weighted by Crippen LogP contribution is 2.22. The van der Waals surface area contributed by atoms with Crippen molar-refractivity contribution in [3.8, 4) is 0 Å². The number of nitrogens with zero attached hydrogens (tertiary/aromatic N) is 2. The first-order valence-electron chi connectivity index (χ1n) is 8.95. The fourth-order valence-electron chi connectivity index (χ4n) is 3.27. The van der Waals surface area contributed by atoms with Gasteiger partial charge in [-0.15, -0.1) is 0 Å². The summed E-state index contributed by atoms with van der Waals surface area (Å²) in [6.45, 7) is 1.87. The molecule has 3 rings (SSSR count). The van der Waals surface area contributed by atoms with Gasteiger partial charge in [0.05, 0.1) is 11.1 Å². The van der Waals surface area contributed by atoms with E-state index >= 15 is 0 Å². The Morgan fingerprint density at radius 3 is 2.15 bits per heavy atom. The quantitative estimate of drug-likeness (QED) is 0.536. The molecule has 0 unspecified atom stereocenters. The van der Waals surface area contributed by atoms with E-state index in [1.807, 2.05) is 13.1 Å². The Morgan fingerprint density at radius 2 is 1.50 bits per heavy atom. The van der Waals surface area contributed by atoms with Crippen molar-refractivity contribution in [3.05, 3.63) is 71.0 Å². The van der Waals surface area contributed by atoms with Crippen LogP contribution in [0.3, 0.4) is 0 Å². The second kappa shape index (κ2) is 8.23. The van der Waals surface area contributed by atoms with E-state index in [9.17, 15) is 14.0 Å². The van der Waals surface area contributed by atoms with Gasteiger partial charge in [-0.05, 0) is 44.6 Å². The topological polar surface area (TPSA) is 40.6 Å². The second-order valence-electron chi connectivity index (χ2n) is 6.70. The van der Waals surface area contributed by atoms with E-state index in [2.05, 4.69) is 4.90 Å². The minimum atomic E-state index is -0.192. The minimum Gasteiger partial charge on any atom is -0.302 e. The number of benzene rings is 2. The van der Waals surface area contributed by atoms with Crippen LogP contribution >= 0.6 is 0 Å². The van der Waals surface area contributed by atoms with E-state index in [4.69, 9.17) is 0 Å². The molecule has 2 amide bonds. The number of carbonyl (C=O) groups excluding carboxylic acids is 2. The summed E-state index contributed by atoms with van der Waals surface area (Å²) in [5, 5.41) is 0. The maximum atomic E-state index is 13.7. The normalized spacial score (nSPS) is 13.6. The highest BCUT2D eigenvalue weighted by molar-refractivity contribution is 6.21. The summed E-state index contributed by atoms with van der Waals surface area (Å²) in [4.78, 5) is 28.0. The van der Waals surface area contributed by atoms with Crippen LogP contribution in [0.25, 0.3) is 0 Å². The summed E-state index contributed by atoms with van der Waals surface area (Å²) in [7, 11) is 1.97. The van der Waals surface area contributed by atoms with Crippen LogP contribution in [0.4, 0.5) is 4.39 Å². The third-order valence-corrected chi connectivity index (χ3v) is 4.70. The molecule has 136 valence electrons. The number of halogens is 1. The van der Waals surface area contributed by atoms with Crippen molar-refractivity contribution in [2.75, 3.05) is 20.1 Å². The lowest BCUT2D eigenvalue weighted by Gasteiger charge is -2.17. The Hall–Kier alpha value is -2.53. The zero-order chi connectivity index (χ0) is 18.5. The Bertz CT molecular complexity index is 771. The third-order valence-electron chi connectivity index (χ3n) is 4.70. The van der Waals surface area contributed by atoms with Crippen LogP contribution < -0.4 is 0 Å². The zero-order valence-electron chi connectivity index (χ0n) is 15.0. The van der Waals surface area contributed by atoms with E-state index < -0.39 is 0 Å². The SMILES string of the molecule is CN(CCCCCN1C(=O)c2ccccc2C1=O)Cc1ccccc1F. The van der Waals surface area contributed by atoms with E-state index in [1.165, 1.54) is 11.0 Å². The largest absolute Gasteiger partial charge is 0.302 e. The average molecular weight is 354 g/mol. The molecule has 2 aromatic carbocycles. The van der Waals surface area contributed by atoms with E-state index in [-0.39, 0.29) is 17.6 Å². The standard InChI is InChI=1S/C21H23FN2O2/c1-23(15-16-9-3-6-12-19(16)22)13-7-2-8-14-24-20(25)17-10-4-5-11-18(17)21(24)26/h3-6,9-12H,2,7-8,13-15H2,1H3. The fourth-order valence-corrected chi connectivity index (χ4v) is 3.27. The van der Waals surface area contributed by atoms with Crippen LogP contribution in [-0.2, 0) is 6.54 Å². The van der Waals surface area contributed by atoms with Crippen LogP contribution in [0.2, 0.25) is 0 Å². The van der Waals surface area contributed by atoms with Gasteiger partial charge in [-0.25, -0.2) is 4.39 Å². The van der Waals surface area contributed by atoms with Gasteiger partial charge < -0.3 is 4.90 Å². The summed E-state index contributed by atoms with van der Waals surface area (Å²) in [6, 6.07) is 13.8. The Kier molecular flexibility index (Phi) is 5.78. The Balaban J connectivity index is 1.39. The summed E-state index contributed by atoms with van der Waals surface area (Å²) < 4.78 is 13.7. The van der Waals surface area contributed by atoms with Crippen molar-refractivity contribution in [1.29, 1.82) is 0 Å². The van der Waals surface area contributed by atoms with Gasteiger partial charge in [-0.2, -0.15) is 0 Å². The first-order valence-corrected chi connectivity index (χ1v) is 8.95. The van der Waals surface area contributed by atoms with Gasteiger partial charge in [0.15, 0.2) is 0 Å². The highest BCUT2D eigenvalue weighted by atomic mass is 19.1. The number of hydrogen-bond acceptors (Lipinski definition) is 3. The molecule has 0 aromatic heterocycles. The van der Waals surface area contributed by atoms with Gasteiger partial charge in [-0.1, -0.05) is 36.8 Å². The van der Waals surface area contributed by atoms with Gasteiger partial charge in [0.2, 0.25) is 0 Å². The van der Waals surface area contributed by atoms with Crippen molar-refractivity contribution < 1.29 is 14.0 Å². The van der Waals surface area contributed by atoms with Crippen LogP contribution in [-0.4, -0.2) is 41.8 Å². The molecule has 0 fully saturated rings. The number of fused-ring (bicyclic) bond motifs is 1. The summed E-state index contributed by atoms with van der Waals surface area (Å²) >= 11 is 0. The molecule has 2 aromatic rings. The highest BCUT2D eigenvalue weighted by Gasteiger charge is 2.34. The molecule has 1 aliphatic heterocycles. The number of hydrogen-bond donors (Lipinski definition) is 0. The molecule has 0 bridgehead atoms. The zero-order valence-corrected chi connectivity index (χ0v) is 15.0. The number of imide groups is 1. The fraction of sp³-hybridized carbons (Fsp3) is 0.333. The molecule has 4 nitrogen and oxygen atoms in total. The third kappa shape index (κ3) is 3.99. The van der Waals surface area contributed by atoms with Crippen LogP contribution in [0, 0.1) is 5.82 Å². The molecule has 0 saturated carbocycles. The second-order valence-corrected chi connectivity index (χ2v) is 6.70. The minimum absolute atomic E-state index is 0.176. The predicted molar refractivity (Wildman–Crippen MR) is 98.4 cm³/mol. The molecule has 0 saturated heterocycles. The molecular weight excluding hydrogens is 331 g/mol. The number of unbranched alkanes of at least 4 members (excludes halogenated alkanes) is 2. The number of rotatable bonds is 8. The van der Waals surface area contributed by atoms with Crippen LogP contribution in [0.5, 0.6) is 0 Å². The first-order chi connectivity index (χ1) is 12.6. The molecule has 0 radical (unpaired) electrons. The summed E-state index contributed by atoms with van der Waals surface area (Å²) in [5.41, 5.74) is 1.70. The molecule has 1 heterocycles. The molecule has 0 spiro atoms. The molecule has 0 N–H and O–H groups in total. The van der Waals surface area contributed by atoms with E-state index in [1.54, 1.807) is 36.4 Å². The average Bonchev–Trinajstić information content (AvgIpc) is 2.88. The molecule has 0 aliphatic carbocycles. The summed E-state index contributed by atoms with van der Waals surface area (Å²) in [5.74, 6) is -0.561. The maximum absolute atomic E-state index is 13.7. The maximum Gasteiger partial charge on any atom is 0.261 e. The Morgan fingerprint density at radius 1 is 0.885 bits per heavy atom.